The Morgan fingerprint density at radius 3 is 2.11 bits per heavy atom. The summed E-state index contributed by atoms with van der Waals surface area (Å²) in [5.74, 6) is 0.248. The van der Waals surface area contributed by atoms with Crippen molar-refractivity contribution >= 4 is 75.5 Å². The van der Waals surface area contributed by atoms with Crippen LogP contribution in [0.5, 0.6) is 0 Å². The summed E-state index contributed by atoms with van der Waals surface area (Å²) < 4.78 is -1.40. The van der Waals surface area contributed by atoms with E-state index < -0.39 is 14.1 Å². The summed E-state index contributed by atoms with van der Waals surface area (Å²) in [7, 11) is 1.88. The van der Waals surface area contributed by atoms with Gasteiger partial charge >= 0.3 is 0 Å². The fraction of sp³-hybridized carbons (Fsp3) is 0.850. The van der Waals surface area contributed by atoms with Gasteiger partial charge in [-0.1, -0.05) is 85.4 Å². The summed E-state index contributed by atoms with van der Waals surface area (Å²) in [5.41, 5.74) is 0. The van der Waals surface area contributed by atoms with Crippen LogP contribution in [0.1, 0.15) is 71.1 Å². The lowest BCUT2D eigenvalue weighted by atomic mass is 9.87. The highest BCUT2D eigenvalue weighted by atomic mass is 35.5. The van der Waals surface area contributed by atoms with Crippen molar-refractivity contribution in [2.24, 2.45) is 5.92 Å². The van der Waals surface area contributed by atoms with E-state index in [0.29, 0.717) is 17.9 Å². The second-order valence-corrected chi connectivity index (χ2v) is 11.4. The molecule has 2 aliphatic carbocycles. The van der Waals surface area contributed by atoms with Crippen LogP contribution >= 0.6 is 69.6 Å². The minimum Gasteiger partial charge on any atom is -0.346 e. The van der Waals surface area contributed by atoms with Crippen molar-refractivity contribution in [2.75, 3.05) is 13.6 Å². The first kappa shape index (κ1) is 25.2. The average molecular weight is 512 g/mol. The van der Waals surface area contributed by atoms with Gasteiger partial charge in [-0.25, -0.2) is 0 Å². The number of fused-ring (bicyclic) bond motifs is 2. The SMILES string of the molecule is CCCN(C)C(=O)CCCCCCCCC1CC2(Cl)C(Cl)=C(Cl)C1(Cl)C2(Cl)Cl. The zero-order chi connectivity index (χ0) is 21.2. The predicted octanol–water partition coefficient (Wildman–Crippen LogP) is 7.83. The maximum atomic E-state index is 11.9. The van der Waals surface area contributed by atoms with Crippen LogP contribution in [0, 0.1) is 5.92 Å². The number of halogens is 6. The first-order chi connectivity index (χ1) is 13.0. The third-order valence-corrected chi connectivity index (χ3v) is 10.4. The molecule has 28 heavy (non-hydrogen) atoms. The van der Waals surface area contributed by atoms with Gasteiger partial charge in [0.15, 0.2) is 4.33 Å². The van der Waals surface area contributed by atoms with Crippen molar-refractivity contribution < 1.29 is 4.79 Å². The summed E-state index contributed by atoms with van der Waals surface area (Å²) in [4.78, 5) is 11.5. The molecule has 0 spiro atoms. The summed E-state index contributed by atoms with van der Waals surface area (Å²) in [6.45, 7) is 2.92. The Morgan fingerprint density at radius 1 is 1.00 bits per heavy atom. The van der Waals surface area contributed by atoms with E-state index in [9.17, 15) is 4.79 Å². The van der Waals surface area contributed by atoms with Gasteiger partial charge < -0.3 is 4.90 Å². The molecule has 2 aliphatic rings. The fourth-order valence-electron chi connectivity index (χ4n) is 4.36. The van der Waals surface area contributed by atoms with E-state index in [1.165, 1.54) is 0 Å². The average Bonchev–Trinajstić information content (AvgIpc) is 2.86. The van der Waals surface area contributed by atoms with Gasteiger partial charge in [0, 0.05) is 20.0 Å². The highest BCUT2D eigenvalue weighted by Crippen LogP contribution is 2.74. The quantitative estimate of drug-likeness (QED) is 0.204. The third-order valence-electron chi connectivity index (χ3n) is 6.08. The lowest BCUT2D eigenvalue weighted by molar-refractivity contribution is -0.130. The number of alkyl halides is 4. The molecular formula is C20H29Cl6NO. The van der Waals surface area contributed by atoms with Crippen molar-refractivity contribution in [3.8, 4) is 0 Å². The molecule has 1 fully saturated rings. The first-order valence-electron chi connectivity index (χ1n) is 10.1. The van der Waals surface area contributed by atoms with Gasteiger partial charge in [0.1, 0.15) is 9.75 Å². The lowest BCUT2D eigenvalue weighted by Crippen LogP contribution is -2.44. The van der Waals surface area contributed by atoms with Crippen molar-refractivity contribution in [3.05, 3.63) is 10.1 Å². The number of allylic oxidation sites excluding steroid dienone is 2. The molecule has 0 aromatic rings. The Kier molecular flexibility index (Phi) is 9.05. The Morgan fingerprint density at radius 2 is 1.57 bits per heavy atom. The third kappa shape index (κ3) is 4.44. The van der Waals surface area contributed by atoms with Gasteiger partial charge in [0.25, 0.3) is 0 Å². The summed E-state index contributed by atoms with van der Waals surface area (Å²) in [6, 6.07) is 0. The Bertz CT molecular complexity index is 610. The molecule has 0 aromatic carbocycles. The molecule has 1 amide bonds. The van der Waals surface area contributed by atoms with Crippen molar-refractivity contribution in [1.82, 2.24) is 4.90 Å². The van der Waals surface area contributed by atoms with Crippen LogP contribution in [-0.2, 0) is 4.79 Å². The Balaban J connectivity index is 1.66. The van der Waals surface area contributed by atoms with Crippen molar-refractivity contribution in [2.45, 2.75) is 85.2 Å². The van der Waals surface area contributed by atoms with Gasteiger partial charge in [-0.05, 0) is 31.6 Å². The lowest BCUT2D eigenvalue weighted by Gasteiger charge is -2.33. The summed E-state index contributed by atoms with van der Waals surface area (Å²) >= 11 is 39.1. The fourth-order valence-corrected chi connectivity index (χ4v) is 7.23. The van der Waals surface area contributed by atoms with E-state index in [1.54, 1.807) is 0 Å². The molecular weight excluding hydrogens is 483 g/mol. The molecule has 2 rings (SSSR count). The minimum atomic E-state index is -1.40. The summed E-state index contributed by atoms with van der Waals surface area (Å²) in [6.07, 6.45) is 9.43. The van der Waals surface area contributed by atoms with E-state index >= 15 is 0 Å². The van der Waals surface area contributed by atoms with Gasteiger partial charge in [-0.3, -0.25) is 4.79 Å². The van der Waals surface area contributed by atoms with Gasteiger partial charge in [0.2, 0.25) is 5.91 Å². The number of carbonyl (C=O) groups is 1. The molecule has 0 saturated heterocycles. The standard InChI is InChI=1S/C20H29Cl6NO/c1-3-12-27(2)15(28)11-9-7-5-4-6-8-10-14-13-18(23)16(21)17(22)19(14,24)20(18,25)26/h14H,3-13H2,1-2H3. The molecule has 0 radical (unpaired) electrons. The summed E-state index contributed by atoms with van der Waals surface area (Å²) in [5, 5.41) is 0.580. The van der Waals surface area contributed by atoms with E-state index in [-0.39, 0.29) is 16.9 Å². The number of hydrogen-bond acceptors (Lipinski definition) is 1. The second-order valence-electron chi connectivity index (χ2n) is 8.09. The normalized spacial score (nSPS) is 30.9. The van der Waals surface area contributed by atoms with Crippen molar-refractivity contribution in [3.63, 3.8) is 0 Å². The molecule has 0 aromatic heterocycles. The smallest absolute Gasteiger partial charge is 0.222 e. The van der Waals surface area contributed by atoms with Gasteiger partial charge in [-0.15, -0.1) is 23.2 Å². The number of amides is 1. The van der Waals surface area contributed by atoms with Crippen LogP contribution in [0.3, 0.4) is 0 Å². The highest BCUT2D eigenvalue weighted by Gasteiger charge is 2.77. The molecule has 3 atom stereocenters. The topological polar surface area (TPSA) is 20.3 Å². The van der Waals surface area contributed by atoms with E-state index in [0.717, 1.165) is 57.9 Å². The van der Waals surface area contributed by atoms with Crippen LogP contribution in [0.2, 0.25) is 0 Å². The molecule has 162 valence electrons. The van der Waals surface area contributed by atoms with Crippen LogP contribution in [0.25, 0.3) is 0 Å². The predicted molar refractivity (Wildman–Crippen MR) is 123 cm³/mol. The molecule has 2 bridgehead atoms. The second kappa shape index (κ2) is 10.0. The number of carbonyl (C=O) groups excluding carboxylic acids is 1. The highest BCUT2D eigenvalue weighted by molar-refractivity contribution is 6.65. The Hall–Kier alpha value is 0.950. The number of hydrogen-bond donors (Lipinski definition) is 0. The monoisotopic (exact) mass is 509 g/mol. The van der Waals surface area contributed by atoms with Crippen molar-refractivity contribution in [1.29, 1.82) is 0 Å². The molecule has 0 aliphatic heterocycles. The Labute approximate surface area is 199 Å². The van der Waals surface area contributed by atoms with Crippen LogP contribution < -0.4 is 0 Å². The van der Waals surface area contributed by atoms with Crippen LogP contribution in [-0.4, -0.2) is 38.5 Å². The molecule has 3 unspecified atom stereocenters. The van der Waals surface area contributed by atoms with Gasteiger partial charge in [0.05, 0.1) is 10.1 Å². The van der Waals surface area contributed by atoms with E-state index in [2.05, 4.69) is 6.92 Å². The van der Waals surface area contributed by atoms with E-state index in [1.807, 2.05) is 11.9 Å². The number of unbranched alkanes of at least 4 members (excludes halogenated alkanes) is 5. The zero-order valence-electron chi connectivity index (χ0n) is 16.5. The van der Waals surface area contributed by atoms with Gasteiger partial charge in [-0.2, -0.15) is 0 Å². The number of rotatable bonds is 11. The minimum absolute atomic E-state index is 0.00314. The molecule has 0 N–H and O–H groups in total. The zero-order valence-corrected chi connectivity index (χ0v) is 21.0. The van der Waals surface area contributed by atoms with Crippen LogP contribution in [0.4, 0.5) is 0 Å². The molecule has 2 nitrogen and oxygen atoms in total. The molecule has 0 heterocycles. The van der Waals surface area contributed by atoms with Crippen LogP contribution in [0.15, 0.2) is 10.1 Å². The largest absolute Gasteiger partial charge is 0.346 e. The maximum Gasteiger partial charge on any atom is 0.222 e. The first-order valence-corrected chi connectivity index (χ1v) is 12.4. The molecule has 1 saturated carbocycles. The maximum absolute atomic E-state index is 11.9. The molecule has 8 heteroatoms. The van der Waals surface area contributed by atoms with E-state index in [4.69, 9.17) is 69.6 Å². The number of nitrogens with zero attached hydrogens (tertiary/aromatic N) is 1.